The van der Waals surface area contributed by atoms with Crippen LogP contribution in [-0.4, -0.2) is 44.3 Å². The largest absolute Gasteiger partial charge is 0.380 e. The zero-order valence-corrected chi connectivity index (χ0v) is 11.8. The van der Waals surface area contributed by atoms with Crippen LogP contribution in [0.15, 0.2) is 0 Å². The lowest BCUT2D eigenvalue weighted by Crippen LogP contribution is -2.45. The fourth-order valence-corrected chi connectivity index (χ4v) is 2.92. The average Bonchev–Trinajstić information content (AvgIpc) is 2.33. The van der Waals surface area contributed by atoms with Crippen molar-refractivity contribution in [2.75, 3.05) is 33.4 Å². The van der Waals surface area contributed by atoms with Gasteiger partial charge >= 0.3 is 0 Å². The van der Waals surface area contributed by atoms with Crippen molar-refractivity contribution in [3.05, 3.63) is 0 Å². The molecule has 1 aliphatic rings. The van der Waals surface area contributed by atoms with Gasteiger partial charge in [0, 0.05) is 25.7 Å². The van der Waals surface area contributed by atoms with E-state index in [4.69, 9.17) is 10.5 Å². The lowest BCUT2D eigenvalue weighted by atomic mass is 9.79. The summed E-state index contributed by atoms with van der Waals surface area (Å²) in [5, 5.41) is 0. The third-order valence-corrected chi connectivity index (χ3v) is 4.20. The maximum absolute atomic E-state index is 5.96. The maximum Gasteiger partial charge on any atom is 0.0593 e. The standard InChI is InChI=1S/C14H30N2O/c1-4-17-10-9-16(3)14(11-15)13-7-5-12(2)6-8-13/h12-14H,4-11,15H2,1-3H3. The summed E-state index contributed by atoms with van der Waals surface area (Å²) in [6.07, 6.45) is 5.45. The molecule has 0 aromatic carbocycles. The Morgan fingerprint density at radius 3 is 2.47 bits per heavy atom. The van der Waals surface area contributed by atoms with Gasteiger partial charge in [-0.3, -0.25) is 4.90 Å². The number of nitrogens with zero attached hydrogens (tertiary/aromatic N) is 1. The lowest BCUT2D eigenvalue weighted by Gasteiger charge is -2.37. The molecule has 0 spiro atoms. The molecule has 17 heavy (non-hydrogen) atoms. The molecular weight excluding hydrogens is 212 g/mol. The van der Waals surface area contributed by atoms with Crippen LogP contribution in [0.3, 0.4) is 0 Å². The molecule has 102 valence electrons. The van der Waals surface area contributed by atoms with E-state index in [0.29, 0.717) is 6.04 Å². The highest BCUT2D eigenvalue weighted by molar-refractivity contribution is 4.82. The molecule has 0 radical (unpaired) electrons. The summed E-state index contributed by atoms with van der Waals surface area (Å²) < 4.78 is 5.42. The minimum atomic E-state index is 0.544. The first kappa shape index (κ1) is 14.9. The van der Waals surface area contributed by atoms with Crippen LogP contribution in [0.1, 0.15) is 39.5 Å². The van der Waals surface area contributed by atoms with Gasteiger partial charge in [-0.15, -0.1) is 0 Å². The van der Waals surface area contributed by atoms with Gasteiger partial charge < -0.3 is 10.5 Å². The molecule has 1 unspecified atom stereocenters. The molecule has 0 bridgehead atoms. The van der Waals surface area contributed by atoms with Crippen LogP contribution in [0.25, 0.3) is 0 Å². The molecule has 0 heterocycles. The molecular formula is C14H30N2O. The minimum Gasteiger partial charge on any atom is -0.380 e. The number of ether oxygens (including phenoxy) is 1. The van der Waals surface area contributed by atoms with Crippen LogP contribution in [0.2, 0.25) is 0 Å². The molecule has 2 N–H and O–H groups in total. The van der Waals surface area contributed by atoms with E-state index in [1.165, 1.54) is 25.7 Å². The second kappa shape index (κ2) is 8.06. The Labute approximate surface area is 107 Å². The Morgan fingerprint density at radius 1 is 1.29 bits per heavy atom. The lowest BCUT2D eigenvalue weighted by molar-refractivity contribution is 0.0815. The van der Waals surface area contributed by atoms with Gasteiger partial charge in [-0.25, -0.2) is 0 Å². The second-order valence-corrected chi connectivity index (χ2v) is 5.50. The Balaban J connectivity index is 2.35. The van der Waals surface area contributed by atoms with E-state index < -0.39 is 0 Å². The second-order valence-electron chi connectivity index (χ2n) is 5.50. The van der Waals surface area contributed by atoms with Gasteiger partial charge in [0.25, 0.3) is 0 Å². The summed E-state index contributed by atoms with van der Waals surface area (Å²) in [7, 11) is 2.19. The highest BCUT2D eigenvalue weighted by Gasteiger charge is 2.27. The third kappa shape index (κ3) is 4.94. The fraction of sp³-hybridized carbons (Fsp3) is 1.00. The zero-order chi connectivity index (χ0) is 12.7. The molecule has 0 aliphatic heterocycles. The Hall–Kier alpha value is -0.120. The van der Waals surface area contributed by atoms with Crippen LogP contribution < -0.4 is 5.73 Å². The van der Waals surface area contributed by atoms with Gasteiger partial charge in [0.05, 0.1) is 6.61 Å². The molecule has 0 saturated heterocycles. The van der Waals surface area contributed by atoms with Gasteiger partial charge in [-0.1, -0.05) is 19.8 Å². The summed E-state index contributed by atoms with van der Waals surface area (Å²) in [4.78, 5) is 2.40. The highest BCUT2D eigenvalue weighted by Crippen LogP contribution is 2.31. The summed E-state index contributed by atoms with van der Waals surface area (Å²) in [5.74, 6) is 1.71. The van der Waals surface area contributed by atoms with Crippen molar-refractivity contribution in [2.45, 2.75) is 45.6 Å². The minimum absolute atomic E-state index is 0.544. The van der Waals surface area contributed by atoms with E-state index in [1.807, 2.05) is 6.92 Å². The van der Waals surface area contributed by atoms with Crippen molar-refractivity contribution in [1.29, 1.82) is 0 Å². The van der Waals surface area contributed by atoms with Gasteiger partial charge in [0.1, 0.15) is 0 Å². The summed E-state index contributed by atoms with van der Waals surface area (Å²) >= 11 is 0. The number of hydrogen-bond donors (Lipinski definition) is 1. The SMILES string of the molecule is CCOCCN(C)C(CN)C1CCC(C)CC1. The average molecular weight is 242 g/mol. The molecule has 0 aromatic heterocycles. The number of nitrogens with two attached hydrogens (primary N) is 1. The first-order valence-electron chi connectivity index (χ1n) is 7.17. The highest BCUT2D eigenvalue weighted by atomic mass is 16.5. The van der Waals surface area contributed by atoms with Crippen LogP contribution in [0, 0.1) is 11.8 Å². The first-order valence-corrected chi connectivity index (χ1v) is 7.17. The number of rotatable bonds is 7. The topological polar surface area (TPSA) is 38.5 Å². The fourth-order valence-electron chi connectivity index (χ4n) is 2.92. The molecule has 3 heteroatoms. The Kier molecular flexibility index (Phi) is 7.09. The van der Waals surface area contributed by atoms with Gasteiger partial charge in [0.15, 0.2) is 0 Å². The van der Waals surface area contributed by atoms with Crippen molar-refractivity contribution in [3.8, 4) is 0 Å². The quantitative estimate of drug-likeness (QED) is 0.695. The van der Waals surface area contributed by atoms with Crippen LogP contribution in [0.5, 0.6) is 0 Å². The van der Waals surface area contributed by atoms with Crippen LogP contribution in [-0.2, 0) is 4.74 Å². The van der Waals surface area contributed by atoms with Crippen molar-refractivity contribution in [1.82, 2.24) is 4.90 Å². The zero-order valence-electron chi connectivity index (χ0n) is 11.8. The van der Waals surface area contributed by atoms with Crippen molar-refractivity contribution in [2.24, 2.45) is 17.6 Å². The Bertz CT molecular complexity index is 191. The van der Waals surface area contributed by atoms with Crippen LogP contribution in [0.4, 0.5) is 0 Å². The molecule has 1 saturated carbocycles. The normalized spacial score (nSPS) is 27.4. The number of hydrogen-bond acceptors (Lipinski definition) is 3. The Morgan fingerprint density at radius 2 is 1.94 bits per heavy atom. The summed E-state index contributed by atoms with van der Waals surface area (Å²) in [6.45, 7) is 7.83. The molecule has 1 rings (SSSR count). The smallest absolute Gasteiger partial charge is 0.0593 e. The monoisotopic (exact) mass is 242 g/mol. The maximum atomic E-state index is 5.96. The van der Waals surface area contributed by atoms with E-state index >= 15 is 0 Å². The van der Waals surface area contributed by atoms with Crippen LogP contribution >= 0.6 is 0 Å². The molecule has 0 amide bonds. The van der Waals surface area contributed by atoms with Crippen molar-refractivity contribution in [3.63, 3.8) is 0 Å². The first-order chi connectivity index (χ1) is 8.19. The third-order valence-electron chi connectivity index (χ3n) is 4.20. The van der Waals surface area contributed by atoms with E-state index in [1.54, 1.807) is 0 Å². The summed E-state index contributed by atoms with van der Waals surface area (Å²) in [6, 6.07) is 0.544. The van der Waals surface area contributed by atoms with Crippen molar-refractivity contribution < 1.29 is 4.74 Å². The van der Waals surface area contributed by atoms with Gasteiger partial charge in [-0.05, 0) is 38.6 Å². The summed E-state index contributed by atoms with van der Waals surface area (Å²) in [5.41, 5.74) is 5.96. The van der Waals surface area contributed by atoms with Gasteiger partial charge in [0.2, 0.25) is 0 Å². The molecule has 0 aromatic rings. The van der Waals surface area contributed by atoms with E-state index in [9.17, 15) is 0 Å². The molecule has 1 fully saturated rings. The van der Waals surface area contributed by atoms with Crippen molar-refractivity contribution >= 4 is 0 Å². The van der Waals surface area contributed by atoms with E-state index in [-0.39, 0.29) is 0 Å². The predicted molar refractivity (Wildman–Crippen MR) is 73.1 cm³/mol. The van der Waals surface area contributed by atoms with E-state index in [0.717, 1.165) is 38.1 Å². The van der Waals surface area contributed by atoms with Gasteiger partial charge in [-0.2, -0.15) is 0 Å². The molecule has 1 atom stereocenters. The molecule has 3 nitrogen and oxygen atoms in total. The molecule has 1 aliphatic carbocycles. The predicted octanol–water partition coefficient (Wildman–Crippen LogP) is 2.11. The number of likely N-dealkylation sites (N-methyl/N-ethyl adjacent to an activating group) is 1. The van der Waals surface area contributed by atoms with E-state index in [2.05, 4.69) is 18.9 Å².